The van der Waals surface area contributed by atoms with Gasteiger partial charge in [0.15, 0.2) is 5.82 Å². The van der Waals surface area contributed by atoms with Crippen LogP contribution in [-0.2, 0) is 20.9 Å². The molecule has 2 aromatic rings. The number of ether oxygens (including phenoxy) is 1. The predicted molar refractivity (Wildman–Crippen MR) is 93.0 cm³/mol. The van der Waals surface area contributed by atoms with Gasteiger partial charge in [-0.1, -0.05) is 22.8 Å². The standard InChI is InChI=1S/C16H16ClFN2O4S/c1-9-6-14(20-24-9)19-16(22)10(2)25-8-15(21)23-7-11-12(17)4-3-5-13(11)18/h3-6,10H,7-8H2,1-2H3,(H,19,20,22)/t10-/m1/s1. The summed E-state index contributed by atoms with van der Waals surface area (Å²) in [5, 5.41) is 5.91. The van der Waals surface area contributed by atoms with Crippen molar-refractivity contribution in [3.8, 4) is 0 Å². The van der Waals surface area contributed by atoms with Gasteiger partial charge >= 0.3 is 5.97 Å². The van der Waals surface area contributed by atoms with Crippen molar-refractivity contribution in [2.75, 3.05) is 11.1 Å². The van der Waals surface area contributed by atoms with Crippen LogP contribution in [0.4, 0.5) is 10.2 Å². The van der Waals surface area contributed by atoms with Gasteiger partial charge < -0.3 is 14.6 Å². The van der Waals surface area contributed by atoms with Crippen molar-refractivity contribution in [3.63, 3.8) is 0 Å². The first kappa shape index (κ1) is 19.3. The van der Waals surface area contributed by atoms with E-state index in [1.54, 1.807) is 19.9 Å². The zero-order valence-corrected chi connectivity index (χ0v) is 15.1. The molecule has 1 N–H and O–H groups in total. The highest BCUT2D eigenvalue weighted by Gasteiger charge is 2.18. The highest BCUT2D eigenvalue weighted by molar-refractivity contribution is 8.01. The number of thioether (sulfide) groups is 1. The van der Waals surface area contributed by atoms with Gasteiger partial charge in [-0.3, -0.25) is 9.59 Å². The molecule has 0 aliphatic carbocycles. The first-order chi connectivity index (χ1) is 11.9. The lowest BCUT2D eigenvalue weighted by Gasteiger charge is -2.11. The van der Waals surface area contributed by atoms with Crippen LogP contribution < -0.4 is 5.32 Å². The lowest BCUT2D eigenvalue weighted by Crippen LogP contribution is -2.24. The Morgan fingerprint density at radius 1 is 1.48 bits per heavy atom. The van der Waals surface area contributed by atoms with E-state index in [-0.39, 0.29) is 28.9 Å². The highest BCUT2D eigenvalue weighted by atomic mass is 35.5. The molecule has 0 saturated carbocycles. The molecule has 0 radical (unpaired) electrons. The number of amides is 1. The molecule has 1 aromatic carbocycles. The molecule has 25 heavy (non-hydrogen) atoms. The lowest BCUT2D eigenvalue weighted by atomic mass is 10.2. The Kier molecular flexibility index (Phi) is 6.83. The fraction of sp³-hybridized carbons (Fsp3) is 0.312. The van der Waals surface area contributed by atoms with Crippen molar-refractivity contribution in [2.45, 2.75) is 25.7 Å². The molecule has 0 spiro atoms. The monoisotopic (exact) mass is 386 g/mol. The summed E-state index contributed by atoms with van der Waals surface area (Å²) in [6, 6.07) is 5.81. The number of halogens is 2. The van der Waals surface area contributed by atoms with Crippen LogP contribution in [0.25, 0.3) is 0 Å². The third kappa shape index (κ3) is 5.75. The normalized spacial score (nSPS) is 11.8. The van der Waals surface area contributed by atoms with E-state index < -0.39 is 17.0 Å². The summed E-state index contributed by atoms with van der Waals surface area (Å²) in [6.07, 6.45) is 0. The first-order valence-electron chi connectivity index (χ1n) is 7.31. The Morgan fingerprint density at radius 2 is 2.24 bits per heavy atom. The van der Waals surface area contributed by atoms with Gasteiger partial charge in [0, 0.05) is 11.6 Å². The molecule has 6 nitrogen and oxygen atoms in total. The zero-order valence-electron chi connectivity index (χ0n) is 13.5. The summed E-state index contributed by atoms with van der Waals surface area (Å²) in [6.45, 7) is 3.09. The number of hydrogen-bond acceptors (Lipinski definition) is 6. The molecule has 1 atom stereocenters. The van der Waals surface area contributed by atoms with Crippen LogP contribution in [0, 0.1) is 12.7 Å². The van der Waals surface area contributed by atoms with E-state index in [0.717, 1.165) is 11.8 Å². The Morgan fingerprint density at radius 3 is 2.88 bits per heavy atom. The van der Waals surface area contributed by atoms with Gasteiger partial charge in [-0.05, 0) is 26.0 Å². The number of rotatable bonds is 7. The van der Waals surface area contributed by atoms with E-state index in [0.29, 0.717) is 11.6 Å². The molecule has 0 aliphatic heterocycles. The smallest absolute Gasteiger partial charge is 0.316 e. The number of nitrogens with zero attached hydrogens (tertiary/aromatic N) is 1. The highest BCUT2D eigenvalue weighted by Crippen LogP contribution is 2.20. The van der Waals surface area contributed by atoms with Crippen LogP contribution in [-0.4, -0.2) is 28.0 Å². The molecule has 1 heterocycles. The van der Waals surface area contributed by atoms with Crippen LogP contribution >= 0.6 is 23.4 Å². The van der Waals surface area contributed by atoms with Crippen molar-refractivity contribution in [1.82, 2.24) is 5.16 Å². The van der Waals surface area contributed by atoms with Crippen molar-refractivity contribution in [2.24, 2.45) is 0 Å². The van der Waals surface area contributed by atoms with E-state index in [1.807, 2.05) is 0 Å². The maximum atomic E-state index is 13.6. The van der Waals surface area contributed by atoms with E-state index in [1.165, 1.54) is 18.2 Å². The number of carbonyl (C=O) groups is 2. The van der Waals surface area contributed by atoms with Crippen molar-refractivity contribution < 1.29 is 23.2 Å². The average Bonchev–Trinajstić information content (AvgIpc) is 2.97. The van der Waals surface area contributed by atoms with Crippen LogP contribution in [0.3, 0.4) is 0 Å². The van der Waals surface area contributed by atoms with E-state index in [9.17, 15) is 14.0 Å². The van der Waals surface area contributed by atoms with Gasteiger partial charge in [0.05, 0.1) is 16.0 Å². The minimum Gasteiger partial charge on any atom is -0.460 e. The second-order valence-electron chi connectivity index (χ2n) is 5.13. The van der Waals surface area contributed by atoms with Crippen LogP contribution in [0.5, 0.6) is 0 Å². The predicted octanol–water partition coefficient (Wildman–Crippen LogP) is 3.58. The quantitative estimate of drug-likeness (QED) is 0.732. The Balaban J connectivity index is 1.76. The van der Waals surface area contributed by atoms with Gasteiger partial charge in [-0.2, -0.15) is 0 Å². The minimum absolute atomic E-state index is 0.0570. The first-order valence-corrected chi connectivity index (χ1v) is 8.73. The van der Waals surface area contributed by atoms with Crippen LogP contribution in [0.2, 0.25) is 5.02 Å². The topological polar surface area (TPSA) is 81.4 Å². The number of hydrogen-bond donors (Lipinski definition) is 1. The van der Waals surface area contributed by atoms with Crippen LogP contribution in [0.1, 0.15) is 18.2 Å². The maximum absolute atomic E-state index is 13.6. The van der Waals surface area contributed by atoms with E-state index in [4.69, 9.17) is 20.9 Å². The Bertz CT molecular complexity index is 748. The van der Waals surface area contributed by atoms with E-state index in [2.05, 4.69) is 10.5 Å². The molecule has 2 rings (SSSR count). The molecular formula is C16H16ClFN2O4S. The third-order valence-corrected chi connectivity index (χ3v) is 4.61. The maximum Gasteiger partial charge on any atom is 0.316 e. The summed E-state index contributed by atoms with van der Waals surface area (Å²) >= 11 is 6.95. The van der Waals surface area contributed by atoms with Gasteiger partial charge in [0.2, 0.25) is 5.91 Å². The number of aryl methyl sites for hydroxylation is 1. The summed E-state index contributed by atoms with van der Waals surface area (Å²) in [7, 11) is 0. The number of esters is 1. The molecule has 1 amide bonds. The van der Waals surface area contributed by atoms with Gasteiger partial charge in [0.1, 0.15) is 18.2 Å². The lowest BCUT2D eigenvalue weighted by molar-refractivity contribution is -0.141. The summed E-state index contributed by atoms with van der Waals surface area (Å²) in [4.78, 5) is 23.7. The average molecular weight is 387 g/mol. The Labute approximate surface area is 153 Å². The molecule has 134 valence electrons. The molecule has 0 aliphatic rings. The number of carbonyl (C=O) groups excluding carboxylic acids is 2. The van der Waals surface area contributed by atoms with Crippen molar-refractivity contribution in [1.29, 1.82) is 0 Å². The molecule has 1 aromatic heterocycles. The minimum atomic E-state index is -0.568. The molecule has 0 fully saturated rings. The van der Waals surface area contributed by atoms with Crippen LogP contribution in [0.15, 0.2) is 28.8 Å². The van der Waals surface area contributed by atoms with Gasteiger partial charge in [-0.15, -0.1) is 11.8 Å². The number of anilines is 1. The van der Waals surface area contributed by atoms with Gasteiger partial charge in [0.25, 0.3) is 0 Å². The largest absolute Gasteiger partial charge is 0.460 e. The fourth-order valence-corrected chi connectivity index (χ4v) is 2.68. The van der Waals surface area contributed by atoms with Gasteiger partial charge in [-0.25, -0.2) is 4.39 Å². The second-order valence-corrected chi connectivity index (χ2v) is 6.86. The van der Waals surface area contributed by atoms with E-state index >= 15 is 0 Å². The number of nitrogens with one attached hydrogen (secondary N) is 1. The number of benzene rings is 1. The summed E-state index contributed by atoms with van der Waals surface area (Å²) in [5.41, 5.74) is 0.120. The molecule has 9 heteroatoms. The summed E-state index contributed by atoms with van der Waals surface area (Å²) in [5.74, 6) is -0.593. The summed E-state index contributed by atoms with van der Waals surface area (Å²) < 4.78 is 23.4. The van der Waals surface area contributed by atoms with Crippen molar-refractivity contribution in [3.05, 3.63) is 46.4 Å². The molecular weight excluding hydrogens is 371 g/mol. The zero-order chi connectivity index (χ0) is 18.4. The molecule has 0 saturated heterocycles. The number of aromatic nitrogens is 1. The van der Waals surface area contributed by atoms with Crippen molar-refractivity contribution >= 4 is 41.1 Å². The fourth-order valence-electron chi connectivity index (χ4n) is 1.79. The molecule has 0 unspecified atom stereocenters. The SMILES string of the molecule is Cc1cc(NC(=O)[C@@H](C)SCC(=O)OCc2c(F)cccc2Cl)no1. The Hall–Kier alpha value is -2.06. The molecule has 0 bridgehead atoms. The third-order valence-electron chi connectivity index (χ3n) is 3.14. The second kappa shape index (κ2) is 8.87.